The van der Waals surface area contributed by atoms with E-state index in [0.717, 1.165) is 64.6 Å². The van der Waals surface area contributed by atoms with Gasteiger partial charge in [-0.2, -0.15) is 0 Å². The molecule has 10 atom stereocenters. The maximum absolute atomic E-state index is 2.61. The van der Waals surface area contributed by atoms with Crippen LogP contribution in [0.25, 0.3) is 0 Å². The number of rotatable bonds is 7. The normalized spacial score (nSPS) is 48.9. The molecule has 3 rings (SSSR count). The van der Waals surface area contributed by atoms with E-state index in [9.17, 15) is 0 Å². The lowest BCUT2D eigenvalue weighted by atomic mass is 9.35. The van der Waals surface area contributed by atoms with Gasteiger partial charge in [0.15, 0.2) is 0 Å². The van der Waals surface area contributed by atoms with Gasteiger partial charge in [-0.3, -0.25) is 0 Å². The van der Waals surface area contributed by atoms with E-state index in [1.165, 1.54) is 25.7 Å². The van der Waals surface area contributed by atoms with Crippen molar-refractivity contribution in [3.8, 4) is 0 Å². The van der Waals surface area contributed by atoms with Crippen LogP contribution < -0.4 is 0 Å². The van der Waals surface area contributed by atoms with Crippen LogP contribution in [0.15, 0.2) is 0 Å². The summed E-state index contributed by atoms with van der Waals surface area (Å²) in [7, 11) is 0. The third kappa shape index (κ3) is 2.44. The van der Waals surface area contributed by atoms with Crippen LogP contribution in [-0.4, -0.2) is 0 Å². The van der Waals surface area contributed by atoms with Gasteiger partial charge < -0.3 is 0 Å². The van der Waals surface area contributed by atoms with Crippen molar-refractivity contribution in [3.05, 3.63) is 0 Å². The van der Waals surface area contributed by atoms with Crippen molar-refractivity contribution in [1.29, 1.82) is 0 Å². The molecule has 0 amide bonds. The predicted octanol–water partition coefficient (Wildman–Crippen LogP) is 6.90. The first-order valence-corrected chi connectivity index (χ1v) is 10.8. The summed E-state index contributed by atoms with van der Waals surface area (Å²) in [5, 5.41) is 0. The first-order chi connectivity index (χ1) is 10.8. The van der Waals surface area contributed by atoms with E-state index in [4.69, 9.17) is 0 Å². The standard InChI is InChI=1S/C23H42/c1-9-17(22-18(10-2)23(8)12-11-19(22)23)21-16(7)20(21)15(6)14(5)13(3)4/h13-22H,9-12H2,1-8H3. The monoisotopic (exact) mass is 318 g/mol. The molecule has 0 radical (unpaired) electrons. The van der Waals surface area contributed by atoms with Crippen LogP contribution in [0, 0.1) is 64.6 Å². The van der Waals surface area contributed by atoms with E-state index >= 15 is 0 Å². The summed E-state index contributed by atoms with van der Waals surface area (Å²) in [4.78, 5) is 0. The summed E-state index contributed by atoms with van der Waals surface area (Å²) in [6, 6.07) is 0. The van der Waals surface area contributed by atoms with Gasteiger partial charge in [-0.25, -0.2) is 0 Å². The molecule has 0 saturated heterocycles. The lowest BCUT2D eigenvalue weighted by molar-refractivity contribution is -0.214. The average Bonchev–Trinajstić information content (AvgIpc) is 3.16. The fraction of sp³-hybridized carbons (Fsp3) is 1.00. The molecule has 0 bridgehead atoms. The molecule has 0 aromatic carbocycles. The summed E-state index contributed by atoms with van der Waals surface area (Å²) in [6.45, 7) is 20.0. The molecule has 3 fully saturated rings. The van der Waals surface area contributed by atoms with Crippen LogP contribution in [0.3, 0.4) is 0 Å². The van der Waals surface area contributed by atoms with E-state index in [1.807, 2.05) is 0 Å². The molecule has 0 aliphatic heterocycles. The van der Waals surface area contributed by atoms with Gasteiger partial charge in [0, 0.05) is 0 Å². The lowest BCUT2D eigenvalue weighted by Gasteiger charge is -2.70. The van der Waals surface area contributed by atoms with E-state index in [2.05, 4.69) is 55.4 Å². The minimum atomic E-state index is 0.747. The molecule has 10 unspecified atom stereocenters. The highest BCUT2D eigenvalue weighted by Crippen LogP contribution is 2.73. The molecular formula is C23H42. The Labute approximate surface area is 146 Å². The van der Waals surface area contributed by atoms with Crippen molar-refractivity contribution in [2.24, 2.45) is 64.6 Å². The Bertz CT molecular complexity index is 424. The lowest BCUT2D eigenvalue weighted by Crippen LogP contribution is -2.63. The van der Waals surface area contributed by atoms with Crippen molar-refractivity contribution < 1.29 is 0 Å². The molecule has 134 valence electrons. The van der Waals surface area contributed by atoms with Gasteiger partial charge in [0.2, 0.25) is 0 Å². The molecule has 23 heavy (non-hydrogen) atoms. The van der Waals surface area contributed by atoms with Gasteiger partial charge >= 0.3 is 0 Å². The van der Waals surface area contributed by atoms with Gasteiger partial charge in [0.25, 0.3) is 0 Å². The minimum absolute atomic E-state index is 0.747. The van der Waals surface area contributed by atoms with Crippen molar-refractivity contribution >= 4 is 0 Å². The van der Waals surface area contributed by atoms with E-state index in [1.54, 1.807) is 0 Å². The third-order valence-corrected chi connectivity index (χ3v) is 9.52. The van der Waals surface area contributed by atoms with Crippen molar-refractivity contribution in [2.45, 2.75) is 81.1 Å². The van der Waals surface area contributed by atoms with Gasteiger partial charge in [0.05, 0.1) is 0 Å². The van der Waals surface area contributed by atoms with E-state index < -0.39 is 0 Å². The third-order valence-electron chi connectivity index (χ3n) is 9.52. The average molecular weight is 319 g/mol. The Balaban J connectivity index is 1.70. The molecular weight excluding hydrogens is 276 g/mol. The molecule has 0 N–H and O–H groups in total. The summed E-state index contributed by atoms with van der Waals surface area (Å²) >= 11 is 0. The SMILES string of the molecule is CCC(C1C(C)C1C(C)C(C)C(C)C)C1C(CC)C2(C)CCC12. The zero-order chi connectivity index (χ0) is 17.1. The smallest absolute Gasteiger partial charge is 0.0264 e. The second-order valence-corrected chi connectivity index (χ2v) is 10.3. The highest BCUT2D eigenvalue weighted by molar-refractivity contribution is 5.15. The van der Waals surface area contributed by atoms with Gasteiger partial charge in [-0.1, -0.05) is 68.2 Å². The topological polar surface area (TPSA) is 0 Å². The highest BCUT2D eigenvalue weighted by Gasteiger charge is 2.67. The Morgan fingerprint density at radius 2 is 1.65 bits per heavy atom. The minimum Gasteiger partial charge on any atom is -0.0651 e. The second-order valence-electron chi connectivity index (χ2n) is 10.3. The summed E-state index contributed by atoms with van der Waals surface area (Å²) in [5.74, 6) is 9.90. The molecule has 0 spiro atoms. The number of hydrogen-bond acceptors (Lipinski definition) is 0. The maximum atomic E-state index is 2.61. The van der Waals surface area contributed by atoms with Crippen LogP contribution in [0.1, 0.15) is 81.1 Å². The second kappa shape index (κ2) is 6.06. The van der Waals surface area contributed by atoms with Crippen LogP contribution >= 0.6 is 0 Å². The first kappa shape index (κ1) is 17.8. The number of hydrogen-bond donors (Lipinski definition) is 0. The molecule has 3 aliphatic rings. The quantitative estimate of drug-likeness (QED) is 0.479. The largest absolute Gasteiger partial charge is 0.0651 e. The van der Waals surface area contributed by atoms with Gasteiger partial charge in [0.1, 0.15) is 0 Å². The summed E-state index contributed by atoms with van der Waals surface area (Å²) < 4.78 is 0. The number of fused-ring (bicyclic) bond motifs is 1. The Morgan fingerprint density at radius 3 is 2.09 bits per heavy atom. The zero-order valence-corrected chi connectivity index (χ0v) is 17.1. The molecule has 0 aromatic rings. The maximum Gasteiger partial charge on any atom is -0.0264 e. The Morgan fingerprint density at radius 1 is 1.00 bits per heavy atom. The van der Waals surface area contributed by atoms with Crippen LogP contribution in [-0.2, 0) is 0 Å². The molecule has 0 heteroatoms. The van der Waals surface area contributed by atoms with E-state index in [0.29, 0.717) is 0 Å². The summed E-state index contributed by atoms with van der Waals surface area (Å²) in [5.41, 5.74) is 0.747. The molecule has 3 aliphatic carbocycles. The van der Waals surface area contributed by atoms with Crippen molar-refractivity contribution in [2.75, 3.05) is 0 Å². The van der Waals surface area contributed by atoms with Gasteiger partial charge in [-0.15, -0.1) is 0 Å². The van der Waals surface area contributed by atoms with Crippen LogP contribution in [0.5, 0.6) is 0 Å². The highest BCUT2D eigenvalue weighted by atomic mass is 14.7. The fourth-order valence-corrected chi connectivity index (χ4v) is 7.58. The Kier molecular flexibility index (Phi) is 4.70. The zero-order valence-electron chi connectivity index (χ0n) is 17.1. The molecule has 3 saturated carbocycles. The van der Waals surface area contributed by atoms with Crippen LogP contribution in [0.4, 0.5) is 0 Å². The molecule has 0 heterocycles. The van der Waals surface area contributed by atoms with Crippen molar-refractivity contribution in [1.82, 2.24) is 0 Å². The first-order valence-electron chi connectivity index (χ1n) is 10.8. The molecule has 0 aromatic heterocycles. The summed E-state index contributed by atoms with van der Waals surface area (Å²) in [6.07, 6.45) is 5.92. The molecule has 0 nitrogen and oxygen atoms in total. The van der Waals surface area contributed by atoms with Crippen molar-refractivity contribution in [3.63, 3.8) is 0 Å². The Hall–Kier alpha value is 0. The van der Waals surface area contributed by atoms with E-state index in [-0.39, 0.29) is 0 Å². The predicted molar refractivity (Wildman–Crippen MR) is 101 cm³/mol. The van der Waals surface area contributed by atoms with Gasteiger partial charge in [-0.05, 0) is 77.4 Å². The van der Waals surface area contributed by atoms with Crippen LogP contribution in [0.2, 0.25) is 0 Å². The fourth-order valence-electron chi connectivity index (χ4n) is 7.58.